The summed E-state index contributed by atoms with van der Waals surface area (Å²) >= 11 is 0. The van der Waals surface area contributed by atoms with Crippen molar-refractivity contribution >= 4 is 23.5 Å². The van der Waals surface area contributed by atoms with Gasteiger partial charge in [-0.3, -0.25) is 9.59 Å². The average Bonchev–Trinajstić information content (AvgIpc) is 2.73. The predicted molar refractivity (Wildman–Crippen MR) is 110 cm³/mol. The number of hydrogen-bond acceptors (Lipinski definition) is 5. The maximum atomic E-state index is 12.2. The number of carbonyl (C=O) groups is 3. The molecule has 0 aliphatic rings. The molecule has 0 unspecified atom stereocenters. The molecule has 2 amide bonds. The van der Waals surface area contributed by atoms with Crippen LogP contribution in [0.15, 0.2) is 54.6 Å². The van der Waals surface area contributed by atoms with Gasteiger partial charge in [0, 0.05) is 5.69 Å². The second kappa shape index (κ2) is 10.8. The molecule has 0 bridgehead atoms. The van der Waals surface area contributed by atoms with Gasteiger partial charge in [-0.05, 0) is 50.1 Å². The van der Waals surface area contributed by atoms with Gasteiger partial charge in [0.2, 0.25) is 0 Å². The normalized spacial score (nSPS) is 12.4. The summed E-state index contributed by atoms with van der Waals surface area (Å²) in [5.74, 6) is -1.07. The van der Waals surface area contributed by atoms with E-state index >= 15 is 0 Å². The number of amides is 2. The molecule has 0 saturated carbocycles. The first-order valence-electron chi connectivity index (χ1n) is 9.46. The molecule has 2 atom stereocenters. The highest BCUT2D eigenvalue weighted by Gasteiger charge is 2.23. The molecule has 7 nitrogen and oxygen atoms in total. The largest absolute Gasteiger partial charge is 0.484 e. The van der Waals surface area contributed by atoms with E-state index < -0.39 is 29.9 Å². The van der Waals surface area contributed by atoms with Crippen LogP contribution in [0, 0.1) is 0 Å². The van der Waals surface area contributed by atoms with Gasteiger partial charge < -0.3 is 20.1 Å². The van der Waals surface area contributed by atoms with E-state index in [0.29, 0.717) is 11.4 Å². The number of esters is 1. The van der Waals surface area contributed by atoms with Gasteiger partial charge >= 0.3 is 5.97 Å². The lowest BCUT2D eigenvalue weighted by Gasteiger charge is -2.18. The highest BCUT2D eigenvalue weighted by Crippen LogP contribution is 2.11. The number of nitrogens with one attached hydrogen (secondary N) is 2. The molecule has 0 fully saturated rings. The Morgan fingerprint density at radius 3 is 2.24 bits per heavy atom. The van der Waals surface area contributed by atoms with Crippen LogP contribution in [0.5, 0.6) is 5.75 Å². The van der Waals surface area contributed by atoms with Crippen molar-refractivity contribution < 1.29 is 23.9 Å². The molecule has 0 radical (unpaired) electrons. The summed E-state index contributed by atoms with van der Waals surface area (Å²) in [4.78, 5) is 36.3. The Bertz CT molecular complexity index is 821. The Morgan fingerprint density at radius 1 is 0.966 bits per heavy atom. The summed E-state index contributed by atoms with van der Waals surface area (Å²) in [6, 6.07) is 15.4. The molecule has 7 heteroatoms. The van der Waals surface area contributed by atoms with Crippen LogP contribution in [-0.2, 0) is 25.5 Å². The number of benzene rings is 2. The van der Waals surface area contributed by atoms with E-state index in [2.05, 4.69) is 10.6 Å². The van der Waals surface area contributed by atoms with Gasteiger partial charge in [-0.15, -0.1) is 0 Å². The Hall–Kier alpha value is -3.35. The molecule has 0 aromatic heterocycles. The zero-order chi connectivity index (χ0) is 21.2. The first-order valence-corrected chi connectivity index (χ1v) is 9.46. The molecular weight excluding hydrogens is 372 g/mol. The minimum absolute atomic E-state index is 0.231. The molecule has 0 spiro atoms. The number of anilines is 1. The first kappa shape index (κ1) is 21.9. The maximum Gasteiger partial charge on any atom is 0.329 e. The molecule has 2 aromatic rings. The fourth-order valence-electron chi connectivity index (χ4n) is 2.41. The standard InChI is InChI=1S/C22H26N2O5/c1-4-17-10-12-18(13-11-17)24-21(26)16(3)29-22(27)15(2)23-20(25)14-28-19-8-6-5-7-9-19/h5-13,15-16H,4,14H2,1-3H3,(H,23,25)(H,24,26)/t15-,16-/m0/s1. The molecule has 29 heavy (non-hydrogen) atoms. The lowest BCUT2D eigenvalue weighted by molar-refractivity contribution is -0.155. The number of aryl methyl sites for hydroxylation is 1. The Labute approximate surface area is 170 Å². The molecule has 2 rings (SSSR count). The number of para-hydroxylation sites is 1. The maximum absolute atomic E-state index is 12.2. The fourth-order valence-corrected chi connectivity index (χ4v) is 2.41. The number of rotatable bonds is 9. The average molecular weight is 398 g/mol. The van der Waals surface area contributed by atoms with Crippen LogP contribution in [-0.4, -0.2) is 36.5 Å². The number of hydrogen-bond donors (Lipinski definition) is 2. The minimum Gasteiger partial charge on any atom is -0.484 e. The fraction of sp³-hybridized carbons (Fsp3) is 0.318. The molecule has 0 aliphatic heterocycles. The van der Waals surface area contributed by atoms with Crippen LogP contribution in [0.25, 0.3) is 0 Å². The van der Waals surface area contributed by atoms with E-state index in [1.165, 1.54) is 13.8 Å². The first-order chi connectivity index (χ1) is 13.9. The van der Waals surface area contributed by atoms with E-state index in [0.717, 1.165) is 12.0 Å². The Morgan fingerprint density at radius 2 is 1.62 bits per heavy atom. The lowest BCUT2D eigenvalue weighted by atomic mass is 10.1. The van der Waals surface area contributed by atoms with Crippen LogP contribution in [0.3, 0.4) is 0 Å². The van der Waals surface area contributed by atoms with Gasteiger partial charge in [0.05, 0.1) is 0 Å². The van der Waals surface area contributed by atoms with Gasteiger partial charge in [0.1, 0.15) is 11.8 Å². The van der Waals surface area contributed by atoms with Crippen LogP contribution < -0.4 is 15.4 Å². The molecule has 0 aliphatic carbocycles. The van der Waals surface area contributed by atoms with Crippen molar-refractivity contribution in [3.8, 4) is 5.75 Å². The van der Waals surface area contributed by atoms with Crippen molar-refractivity contribution in [2.45, 2.75) is 39.3 Å². The quantitative estimate of drug-likeness (QED) is 0.634. The summed E-state index contributed by atoms with van der Waals surface area (Å²) in [7, 11) is 0. The van der Waals surface area contributed by atoms with Crippen LogP contribution in [0.4, 0.5) is 5.69 Å². The second-order valence-corrected chi connectivity index (χ2v) is 6.51. The van der Waals surface area contributed by atoms with Crippen molar-refractivity contribution in [3.05, 3.63) is 60.2 Å². The smallest absolute Gasteiger partial charge is 0.329 e. The molecule has 0 saturated heterocycles. The van der Waals surface area contributed by atoms with Gasteiger partial charge in [0.25, 0.3) is 11.8 Å². The predicted octanol–water partition coefficient (Wildman–Crippen LogP) is 2.70. The van der Waals surface area contributed by atoms with Gasteiger partial charge in [-0.25, -0.2) is 4.79 Å². The highest BCUT2D eigenvalue weighted by molar-refractivity contribution is 5.95. The highest BCUT2D eigenvalue weighted by atomic mass is 16.5. The van der Waals surface area contributed by atoms with Crippen molar-refractivity contribution in [1.29, 1.82) is 0 Å². The van der Waals surface area contributed by atoms with Gasteiger partial charge in [0.15, 0.2) is 12.7 Å². The third kappa shape index (κ3) is 7.29. The van der Waals surface area contributed by atoms with E-state index in [-0.39, 0.29) is 6.61 Å². The Balaban J connectivity index is 1.76. The molecule has 2 N–H and O–H groups in total. The monoisotopic (exact) mass is 398 g/mol. The number of ether oxygens (including phenoxy) is 2. The third-order valence-electron chi connectivity index (χ3n) is 4.14. The topological polar surface area (TPSA) is 93.7 Å². The van der Waals surface area contributed by atoms with Gasteiger partial charge in [-0.1, -0.05) is 37.3 Å². The van der Waals surface area contributed by atoms with Crippen molar-refractivity contribution in [1.82, 2.24) is 5.32 Å². The SMILES string of the molecule is CCc1ccc(NC(=O)[C@H](C)OC(=O)[C@H](C)NC(=O)COc2ccccc2)cc1. The van der Waals surface area contributed by atoms with Crippen LogP contribution in [0.2, 0.25) is 0 Å². The second-order valence-electron chi connectivity index (χ2n) is 6.51. The minimum atomic E-state index is -1.01. The molecular formula is C22H26N2O5. The molecule has 154 valence electrons. The van der Waals surface area contributed by atoms with E-state index in [9.17, 15) is 14.4 Å². The van der Waals surface area contributed by atoms with E-state index in [1.54, 1.807) is 36.4 Å². The summed E-state index contributed by atoms with van der Waals surface area (Å²) in [5.41, 5.74) is 1.78. The summed E-state index contributed by atoms with van der Waals surface area (Å²) in [6.07, 6.45) is -0.101. The summed E-state index contributed by atoms with van der Waals surface area (Å²) in [6.45, 7) is 4.77. The van der Waals surface area contributed by atoms with Crippen molar-refractivity contribution in [2.75, 3.05) is 11.9 Å². The zero-order valence-corrected chi connectivity index (χ0v) is 16.8. The molecule has 0 heterocycles. The third-order valence-corrected chi connectivity index (χ3v) is 4.14. The van der Waals surface area contributed by atoms with Gasteiger partial charge in [-0.2, -0.15) is 0 Å². The molecule has 2 aromatic carbocycles. The van der Waals surface area contributed by atoms with E-state index in [4.69, 9.17) is 9.47 Å². The zero-order valence-electron chi connectivity index (χ0n) is 16.8. The van der Waals surface area contributed by atoms with E-state index in [1.807, 2.05) is 25.1 Å². The van der Waals surface area contributed by atoms with Crippen molar-refractivity contribution in [3.63, 3.8) is 0 Å². The summed E-state index contributed by atoms with van der Waals surface area (Å²) < 4.78 is 10.5. The number of carbonyl (C=O) groups excluding carboxylic acids is 3. The van der Waals surface area contributed by atoms with Crippen LogP contribution >= 0.6 is 0 Å². The van der Waals surface area contributed by atoms with Crippen molar-refractivity contribution in [2.24, 2.45) is 0 Å². The van der Waals surface area contributed by atoms with Crippen LogP contribution in [0.1, 0.15) is 26.3 Å². The Kier molecular flexibility index (Phi) is 8.21. The lowest BCUT2D eigenvalue weighted by Crippen LogP contribution is -2.44. The summed E-state index contributed by atoms with van der Waals surface area (Å²) in [5, 5.41) is 5.18.